The molecule has 134 valence electrons. The van der Waals surface area contributed by atoms with Gasteiger partial charge >= 0.3 is 12.1 Å². The molecule has 0 aliphatic carbocycles. The van der Waals surface area contributed by atoms with E-state index in [2.05, 4.69) is 20.9 Å². The summed E-state index contributed by atoms with van der Waals surface area (Å²) in [6.07, 6.45) is -4.46. The summed E-state index contributed by atoms with van der Waals surface area (Å²) in [5.41, 5.74) is 1.05. The summed E-state index contributed by atoms with van der Waals surface area (Å²) in [7, 11) is 1.26. The molecule has 0 saturated carbocycles. The molecule has 0 saturated heterocycles. The first-order valence-corrected chi connectivity index (χ1v) is 8.37. The summed E-state index contributed by atoms with van der Waals surface area (Å²) < 4.78 is 44.8. The molecule has 2 aromatic carbocycles. The van der Waals surface area contributed by atoms with Crippen LogP contribution in [0.4, 0.5) is 13.2 Å². The molecule has 0 N–H and O–H groups in total. The Hall–Kier alpha value is -2.41. The monoisotopic (exact) mass is 423 g/mol. The van der Waals surface area contributed by atoms with Crippen molar-refractivity contribution in [3.05, 3.63) is 63.6 Å². The van der Waals surface area contributed by atoms with Gasteiger partial charge in [-0.25, -0.2) is 9.78 Å². The predicted octanol–water partition coefficient (Wildman–Crippen LogP) is 5.78. The lowest BCUT2D eigenvalue weighted by Gasteiger charge is -2.15. The Morgan fingerprint density at radius 3 is 2.54 bits per heavy atom. The van der Waals surface area contributed by atoms with Crippen molar-refractivity contribution in [1.82, 2.24) is 4.98 Å². The van der Waals surface area contributed by atoms with Crippen molar-refractivity contribution < 1.29 is 22.7 Å². The van der Waals surface area contributed by atoms with Gasteiger partial charge in [-0.2, -0.15) is 13.2 Å². The lowest BCUT2D eigenvalue weighted by Crippen LogP contribution is -2.08. The van der Waals surface area contributed by atoms with Gasteiger partial charge in [0.05, 0.1) is 29.4 Å². The molecule has 0 atom stereocenters. The van der Waals surface area contributed by atoms with Crippen LogP contribution in [0.5, 0.6) is 0 Å². The highest BCUT2D eigenvalue weighted by Crippen LogP contribution is 2.35. The molecule has 0 aliphatic rings. The number of alkyl halides is 3. The van der Waals surface area contributed by atoms with E-state index >= 15 is 0 Å². The number of halogens is 4. The van der Waals surface area contributed by atoms with Crippen LogP contribution in [-0.2, 0) is 10.9 Å². The molecule has 0 unspecified atom stereocenters. The van der Waals surface area contributed by atoms with E-state index in [9.17, 15) is 18.0 Å². The van der Waals surface area contributed by atoms with Crippen molar-refractivity contribution in [2.45, 2.75) is 13.1 Å². The van der Waals surface area contributed by atoms with Crippen molar-refractivity contribution in [2.75, 3.05) is 7.11 Å². The van der Waals surface area contributed by atoms with Gasteiger partial charge in [0.1, 0.15) is 0 Å². The van der Waals surface area contributed by atoms with Crippen molar-refractivity contribution in [3.8, 4) is 11.3 Å². The number of hydrogen-bond donors (Lipinski definition) is 0. The molecule has 0 bridgehead atoms. The third kappa shape index (κ3) is 3.31. The predicted molar refractivity (Wildman–Crippen MR) is 96.0 cm³/mol. The van der Waals surface area contributed by atoms with Crippen molar-refractivity contribution in [1.29, 1.82) is 0 Å². The van der Waals surface area contributed by atoms with Crippen LogP contribution in [0.3, 0.4) is 0 Å². The van der Waals surface area contributed by atoms with Crippen molar-refractivity contribution >= 4 is 32.8 Å². The fraction of sp³-hybridized carbons (Fsp3) is 0.158. The van der Waals surface area contributed by atoms with Gasteiger partial charge in [0.25, 0.3) is 0 Å². The zero-order valence-electron chi connectivity index (χ0n) is 13.8. The minimum absolute atomic E-state index is 0.282. The number of methoxy groups -OCH3 is 1. The average Bonchev–Trinajstić information content (AvgIpc) is 2.60. The number of carbonyl (C=O) groups excluding carboxylic acids is 1. The van der Waals surface area contributed by atoms with Gasteiger partial charge in [0.2, 0.25) is 0 Å². The van der Waals surface area contributed by atoms with E-state index in [1.54, 1.807) is 25.1 Å². The van der Waals surface area contributed by atoms with Crippen LogP contribution in [0.1, 0.15) is 21.5 Å². The standard InChI is InChI=1S/C19H13BrF3NO2/c1-10-16(18(25)26-2)14-7-6-13(20)9-15(14)24-17(10)11-4-3-5-12(8-11)19(21,22)23/h3-9H,1-2H3. The molecular weight excluding hydrogens is 411 g/mol. The van der Waals surface area contributed by atoms with Crippen molar-refractivity contribution in [3.63, 3.8) is 0 Å². The molecule has 26 heavy (non-hydrogen) atoms. The van der Waals surface area contributed by atoms with Gasteiger partial charge in [0.15, 0.2) is 0 Å². The van der Waals surface area contributed by atoms with E-state index in [4.69, 9.17) is 4.74 Å². The third-order valence-electron chi connectivity index (χ3n) is 4.04. The Kier molecular flexibility index (Phi) is 4.75. The fourth-order valence-corrected chi connectivity index (χ4v) is 3.17. The Morgan fingerprint density at radius 2 is 1.88 bits per heavy atom. The maximum Gasteiger partial charge on any atom is 0.416 e. The molecule has 0 radical (unpaired) electrons. The van der Waals surface area contributed by atoms with Crippen LogP contribution >= 0.6 is 15.9 Å². The highest BCUT2D eigenvalue weighted by molar-refractivity contribution is 9.10. The molecule has 7 heteroatoms. The van der Waals surface area contributed by atoms with Gasteiger partial charge in [0, 0.05) is 15.4 Å². The number of hydrogen-bond acceptors (Lipinski definition) is 3. The van der Waals surface area contributed by atoms with E-state index in [0.29, 0.717) is 22.2 Å². The van der Waals surface area contributed by atoms with Crippen LogP contribution in [0, 0.1) is 6.92 Å². The van der Waals surface area contributed by atoms with E-state index < -0.39 is 17.7 Å². The van der Waals surface area contributed by atoms with Crippen LogP contribution < -0.4 is 0 Å². The molecule has 1 aromatic heterocycles. The Morgan fingerprint density at radius 1 is 1.15 bits per heavy atom. The number of benzene rings is 2. The molecule has 0 fully saturated rings. The Balaban J connectivity index is 2.34. The lowest BCUT2D eigenvalue weighted by molar-refractivity contribution is -0.137. The van der Waals surface area contributed by atoms with Gasteiger partial charge in [-0.1, -0.05) is 34.1 Å². The normalized spacial score (nSPS) is 11.6. The minimum atomic E-state index is -4.46. The number of ether oxygens (including phenoxy) is 1. The first kappa shape index (κ1) is 18.4. The van der Waals surface area contributed by atoms with Crippen LogP contribution in [-0.4, -0.2) is 18.1 Å². The number of fused-ring (bicyclic) bond motifs is 1. The zero-order chi connectivity index (χ0) is 19.1. The van der Waals surface area contributed by atoms with Gasteiger partial charge in [-0.05, 0) is 36.8 Å². The number of aromatic nitrogens is 1. The maximum absolute atomic E-state index is 13.1. The number of nitrogens with zero attached hydrogens (tertiary/aromatic N) is 1. The number of rotatable bonds is 2. The second-order valence-corrected chi connectivity index (χ2v) is 6.61. The second-order valence-electron chi connectivity index (χ2n) is 5.69. The van der Waals surface area contributed by atoms with E-state index in [0.717, 1.165) is 16.6 Å². The van der Waals surface area contributed by atoms with Crippen LogP contribution in [0.15, 0.2) is 46.9 Å². The van der Waals surface area contributed by atoms with Crippen molar-refractivity contribution in [2.24, 2.45) is 0 Å². The topological polar surface area (TPSA) is 39.2 Å². The Bertz CT molecular complexity index is 1020. The number of carbonyl (C=O) groups is 1. The number of pyridine rings is 1. The lowest BCUT2D eigenvalue weighted by atomic mass is 9.97. The van der Waals surface area contributed by atoms with E-state index in [1.165, 1.54) is 19.2 Å². The summed E-state index contributed by atoms with van der Waals surface area (Å²) in [6, 6.07) is 10.1. The summed E-state index contributed by atoms with van der Waals surface area (Å²) in [4.78, 5) is 16.8. The van der Waals surface area contributed by atoms with Gasteiger partial charge in [-0.3, -0.25) is 0 Å². The zero-order valence-corrected chi connectivity index (χ0v) is 15.4. The second kappa shape index (κ2) is 6.72. The Labute approximate surface area is 155 Å². The SMILES string of the molecule is COC(=O)c1c(C)c(-c2cccc(C(F)(F)F)c2)nc2cc(Br)ccc12. The molecule has 3 aromatic rings. The summed E-state index contributed by atoms with van der Waals surface area (Å²) in [5, 5.41) is 0.577. The highest BCUT2D eigenvalue weighted by Gasteiger charge is 2.31. The molecule has 1 heterocycles. The maximum atomic E-state index is 13.1. The molecule has 3 nitrogen and oxygen atoms in total. The summed E-state index contributed by atoms with van der Waals surface area (Å²) in [6.45, 7) is 1.65. The molecule has 0 spiro atoms. The fourth-order valence-electron chi connectivity index (χ4n) is 2.82. The largest absolute Gasteiger partial charge is 0.465 e. The molecule has 0 amide bonds. The van der Waals surface area contributed by atoms with Crippen LogP contribution in [0.2, 0.25) is 0 Å². The molecule has 0 aliphatic heterocycles. The smallest absolute Gasteiger partial charge is 0.416 e. The first-order valence-electron chi connectivity index (χ1n) is 7.58. The van der Waals surface area contributed by atoms with Gasteiger partial charge < -0.3 is 4.74 Å². The van der Waals surface area contributed by atoms with Crippen LogP contribution in [0.25, 0.3) is 22.2 Å². The summed E-state index contributed by atoms with van der Waals surface area (Å²) in [5.74, 6) is -0.564. The quantitative estimate of drug-likeness (QED) is 0.490. The molecule has 3 rings (SSSR count). The summed E-state index contributed by atoms with van der Waals surface area (Å²) >= 11 is 3.34. The van der Waals surface area contributed by atoms with E-state index in [-0.39, 0.29) is 11.1 Å². The molecular formula is C19H13BrF3NO2. The first-order chi connectivity index (χ1) is 12.2. The number of esters is 1. The highest BCUT2D eigenvalue weighted by atomic mass is 79.9. The van der Waals surface area contributed by atoms with E-state index in [1.807, 2.05) is 0 Å². The average molecular weight is 424 g/mol. The minimum Gasteiger partial charge on any atom is -0.465 e. The van der Waals surface area contributed by atoms with Gasteiger partial charge in [-0.15, -0.1) is 0 Å². The third-order valence-corrected chi connectivity index (χ3v) is 4.54.